The molecule has 0 aliphatic rings. The van der Waals surface area contributed by atoms with E-state index in [4.69, 9.17) is 19.3 Å². The maximum Gasteiger partial charge on any atom is 0.469 e. The van der Waals surface area contributed by atoms with Crippen molar-refractivity contribution < 1.29 is 37.9 Å². The Balaban J connectivity index is 3.37. The van der Waals surface area contributed by atoms with Gasteiger partial charge in [-0.25, -0.2) is 4.57 Å². The zero-order valence-corrected chi connectivity index (χ0v) is 34.4. The summed E-state index contributed by atoms with van der Waals surface area (Å²) < 4.78 is 25.7. The minimum Gasteiger partial charge on any atom is -0.462 e. The molecule has 0 aliphatic heterocycles. The van der Waals surface area contributed by atoms with Crippen molar-refractivity contribution in [2.24, 2.45) is 0 Å². The van der Waals surface area contributed by atoms with Crippen LogP contribution in [0.1, 0.15) is 239 Å². The van der Waals surface area contributed by atoms with Crippen molar-refractivity contribution >= 4 is 19.8 Å². The molecular weight excluding hydrogens is 663 g/mol. The molecule has 1 atom stereocenters. The third-order valence-electron chi connectivity index (χ3n) is 9.85. The van der Waals surface area contributed by atoms with E-state index in [1.54, 1.807) is 0 Å². The highest BCUT2D eigenvalue weighted by Crippen LogP contribution is 2.36. The summed E-state index contributed by atoms with van der Waals surface area (Å²) in [6, 6.07) is 0. The van der Waals surface area contributed by atoms with E-state index in [0.717, 1.165) is 19.3 Å². The number of hydrogen-bond acceptors (Lipinski definition) is 6. The number of esters is 2. The molecule has 0 saturated heterocycles. The fraction of sp³-hybridized carbons (Fsp3) is 0.952. The maximum atomic E-state index is 12.1. The number of ether oxygens (including phenoxy) is 2. The van der Waals surface area contributed by atoms with Crippen LogP contribution in [0.4, 0.5) is 0 Å². The lowest BCUT2D eigenvalue weighted by Gasteiger charge is -2.18. The highest BCUT2D eigenvalue weighted by atomic mass is 31.2. The van der Waals surface area contributed by atoms with Crippen molar-refractivity contribution in [1.29, 1.82) is 0 Å². The van der Waals surface area contributed by atoms with Gasteiger partial charge in [0.15, 0.2) is 6.10 Å². The van der Waals surface area contributed by atoms with Crippen molar-refractivity contribution in [1.82, 2.24) is 0 Å². The van der Waals surface area contributed by atoms with E-state index in [1.165, 1.54) is 186 Å². The van der Waals surface area contributed by atoms with Gasteiger partial charge in [0, 0.05) is 12.8 Å². The van der Waals surface area contributed by atoms with Crippen molar-refractivity contribution in [3.8, 4) is 0 Å². The molecule has 0 bridgehead atoms. The van der Waals surface area contributed by atoms with Gasteiger partial charge < -0.3 is 19.3 Å². The van der Waals surface area contributed by atoms with Gasteiger partial charge >= 0.3 is 19.8 Å². The van der Waals surface area contributed by atoms with Gasteiger partial charge in [0.25, 0.3) is 0 Å². The zero-order valence-electron chi connectivity index (χ0n) is 33.5. The molecule has 0 spiro atoms. The first-order valence-corrected chi connectivity index (χ1v) is 23.4. The Morgan fingerprint density at radius 1 is 0.431 bits per heavy atom. The zero-order chi connectivity index (χ0) is 37.5. The summed E-state index contributed by atoms with van der Waals surface area (Å²) in [5, 5.41) is 0. The van der Waals surface area contributed by atoms with Gasteiger partial charge in [-0.1, -0.05) is 213 Å². The molecule has 0 fully saturated rings. The maximum absolute atomic E-state index is 12.1. The van der Waals surface area contributed by atoms with Gasteiger partial charge in [-0.3, -0.25) is 14.1 Å². The number of carbonyl (C=O) groups is 2. The van der Waals surface area contributed by atoms with Crippen LogP contribution in [0.3, 0.4) is 0 Å². The molecule has 51 heavy (non-hydrogen) atoms. The van der Waals surface area contributed by atoms with Crippen LogP contribution in [0, 0.1) is 0 Å². The number of carbonyl (C=O) groups excluding carboxylic acids is 2. The first-order chi connectivity index (χ1) is 24.8. The summed E-state index contributed by atoms with van der Waals surface area (Å²) in [6.07, 6.45) is 43.6. The largest absolute Gasteiger partial charge is 0.469 e. The van der Waals surface area contributed by atoms with Crippen molar-refractivity contribution in [2.45, 2.75) is 245 Å². The van der Waals surface area contributed by atoms with E-state index >= 15 is 0 Å². The fourth-order valence-electron chi connectivity index (χ4n) is 6.65. The van der Waals surface area contributed by atoms with Crippen molar-refractivity contribution in [3.05, 3.63) is 0 Å². The van der Waals surface area contributed by atoms with Crippen LogP contribution in [-0.2, 0) is 28.2 Å². The van der Waals surface area contributed by atoms with Gasteiger partial charge in [-0.05, 0) is 12.8 Å². The molecule has 304 valence electrons. The molecule has 0 aliphatic carbocycles. The summed E-state index contributed by atoms with van der Waals surface area (Å²) in [5.74, 6) is -0.933. The van der Waals surface area contributed by atoms with Gasteiger partial charge in [-0.15, -0.1) is 0 Å². The van der Waals surface area contributed by atoms with Gasteiger partial charge in [-0.2, -0.15) is 0 Å². The summed E-state index contributed by atoms with van der Waals surface area (Å²) in [7, 11) is -4.71. The lowest BCUT2D eigenvalue weighted by molar-refractivity contribution is -0.161. The first kappa shape index (κ1) is 50.1. The molecule has 0 saturated carbocycles. The number of rotatable bonds is 41. The van der Waals surface area contributed by atoms with Crippen LogP contribution in [0.15, 0.2) is 0 Å². The van der Waals surface area contributed by atoms with Crippen LogP contribution < -0.4 is 0 Å². The molecule has 0 unspecified atom stereocenters. The molecule has 0 aromatic heterocycles. The molecular formula is C42H83O8P. The Morgan fingerprint density at radius 3 is 1.04 bits per heavy atom. The lowest BCUT2D eigenvalue weighted by Crippen LogP contribution is -2.29. The van der Waals surface area contributed by atoms with E-state index in [0.29, 0.717) is 6.42 Å². The molecule has 0 rings (SSSR count). The smallest absolute Gasteiger partial charge is 0.462 e. The minimum absolute atomic E-state index is 0.167. The molecule has 0 radical (unpaired) electrons. The molecule has 0 amide bonds. The van der Waals surface area contributed by atoms with Gasteiger partial charge in [0.2, 0.25) is 0 Å². The van der Waals surface area contributed by atoms with Crippen molar-refractivity contribution in [3.63, 3.8) is 0 Å². The Bertz CT molecular complexity index is 802. The number of unbranched alkanes of at least 4 members (excludes halogenated alkanes) is 31. The Hall–Kier alpha value is -0.950. The van der Waals surface area contributed by atoms with Crippen LogP contribution in [0.25, 0.3) is 0 Å². The van der Waals surface area contributed by atoms with Gasteiger partial charge in [0.1, 0.15) is 6.61 Å². The molecule has 0 heterocycles. The van der Waals surface area contributed by atoms with Crippen LogP contribution >= 0.6 is 7.82 Å². The van der Waals surface area contributed by atoms with E-state index in [9.17, 15) is 14.2 Å². The average molecular weight is 747 g/mol. The molecule has 2 N–H and O–H groups in total. The Morgan fingerprint density at radius 2 is 0.745 bits per heavy atom. The molecule has 0 aromatic carbocycles. The number of phosphoric ester groups is 1. The van der Waals surface area contributed by atoms with Crippen LogP contribution in [0.5, 0.6) is 0 Å². The summed E-state index contributed by atoms with van der Waals surface area (Å²) in [4.78, 5) is 41.6. The number of phosphoric acid groups is 1. The summed E-state index contributed by atoms with van der Waals surface area (Å²) in [6.45, 7) is 3.29. The SMILES string of the molecule is CCCCCCCCCCCCCCCCCCCCCCCCCCCCCCCCCCC(=O)OC[C@H](COP(=O)(O)O)OC(=O)CCC. The topological polar surface area (TPSA) is 119 Å². The quantitative estimate of drug-likeness (QED) is 0.0360. The second-order valence-corrected chi connectivity index (χ2v) is 16.3. The van der Waals surface area contributed by atoms with E-state index in [-0.39, 0.29) is 19.4 Å². The Kier molecular flexibility index (Phi) is 38.0. The highest BCUT2D eigenvalue weighted by Gasteiger charge is 2.22. The summed E-state index contributed by atoms with van der Waals surface area (Å²) >= 11 is 0. The molecule has 9 heteroatoms. The summed E-state index contributed by atoms with van der Waals surface area (Å²) in [5.41, 5.74) is 0. The predicted octanol–water partition coefficient (Wildman–Crippen LogP) is 13.2. The third-order valence-corrected chi connectivity index (χ3v) is 10.3. The molecule has 8 nitrogen and oxygen atoms in total. The van der Waals surface area contributed by atoms with Gasteiger partial charge in [0.05, 0.1) is 6.61 Å². The third kappa shape index (κ3) is 41.7. The second kappa shape index (κ2) is 38.8. The van der Waals surface area contributed by atoms with E-state index in [1.807, 2.05) is 6.92 Å². The molecule has 0 aromatic rings. The van der Waals surface area contributed by atoms with E-state index < -0.39 is 32.5 Å². The van der Waals surface area contributed by atoms with Crippen LogP contribution in [0.2, 0.25) is 0 Å². The average Bonchev–Trinajstić information content (AvgIpc) is 3.09. The second-order valence-electron chi connectivity index (χ2n) is 15.0. The fourth-order valence-corrected chi connectivity index (χ4v) is 7.01. The predicted molar refractivity (Wildman–Crippen MR) is 212 cm³/mol. The lowest BCUT2D eigenvalue weighted by atomic mass is 10.0. The van der Waals surface area contributed by atoms with Crippen molar-refractivity contribution in [2.75, 3.05) is 13.2 Å². The monoisotopic (exact) mass is 747 g/mol. The first-order valence-electron chi connectivity index (χ1n) is 21.8. The van der Waals surface area contributed by atoms with Crippen LogP contribution in [-0.4, -0.2) is 41.0 Å². The minimum atomic E-state index is -4.71. The Labute approximate surface area is 315 Å². The normalized spacial score (nSPS) is 12.3. The standard InChI is InChI=1S/C42H83O8P/c1-3-5-6-7-8-9-10-11-12-13-14-15-16-17-18-19-20-21-22-23-24-25-26-27-28-29-30-31-32-33-34-35-37-41(43)48-38-40(39-49-51(45,46)47)50-42(44)36-4-2/h40H,3-39H2,1-2H3,(H2,45,46,47)/t40-/m1/s1. The highest BCUT2D eigenvalue weighted by molar-refractivity contribution is 7.46. The number of hydrogen-bond donors (Lipinski definition) is 2. The van der Waals surface area contributed by atoms with E-state index in [2.05, 4.69) is 11.4 Å².